The first-order valence-corrected chi connectivity index (χ1v) is 6.34. The van der Waals surface area contributed by atoms with Gasteiger partial charge in [-0.2, -0.15) is 4.98 Å². The lowest BCUT2D eigenvalue weighted by Crippen LogP contribution is -2.01. The van der Waals surface area contributed by atoms with Gasteiger partial charge in [0, 0.05) is 13.0 Å². The monoisotopic (exact) mass is 271 g/mol. The van der Waals surface area contributed by atoms with Crippen molar-refractivity contribution in [1.82, 2.24) is 19.9 Å². The van der Waals surface area contributed by atoms with E-state index in [2.05, 4.69) is 32.1 Å². The highest BCUT2D eigenvalue weighted by Gasteiger charge is 2.08. The van der Waals surface area contributed by atoms with Gasteiger partial charge in [-0.05, 0) is 12.5 Å². The third kappa shape index (κ3) is 3.30. The Hall–Kier alpha value is -2.47. The molecule has 0 aliphatic rings. The zero-order valence-electron chi connectivity index (χ0n) is 11.2. The first-order chi connectivity index (χ1) is 9.74. The third-order valence-electron chi connectivity index (χ3n) is 2.59. The molecule has 0 atom stereocenters. The van der Waals surface area contributed by atoms with Crippen molar-refractivity contribution in [3.63, 3.8) is 0 Å². The fourth-order valence-corrected chi connectivity index (χ4v) is 1.83. The van der Waals surface area contributed by atoms with Gasteiger partial charge in [0.2, 0.25) is 5.95 Å². The molecule has 4 N–H and O–H groups in total. The number of aliphatic hydroxyl groups is 1. The Morgan fingerprint density at radius 2 is 1.90 bits per heavy atom. The van der Waals surface area contributed by atoms with Crippen molar-refractivity contribution in [3.05, 3.63) is 47.9 Å². The fourth-order valence-electron chi connectivity index (χ4n) is 1.83. The molecule has 0 radical (unpaired) electrons. The standard InChI is InChI=1S/C12H11N5.C2H6O/c13-12-16-9(6-8-4-2-1-3-5-8)10-11(17-12)15-7-14-10;1-2-3/h1-5,7H,6H2,(H3,13,14,15,16,17);3H,2H2,1H3. The zero-order valence-corrected chi connectivity index (χ0v) is 11.2. The molecule has 1 aromatic carbocycles. The average molecular weight is 271 g/mol. The normalized spacial score (nSPS) is 10.1. The summed E-state index contributed by atoms with van der Waals surface area (Å²) >= 11 is 0. The molecule has 0 saturated carbocycles. The molecule has 6 heteroatoms. The summed E-state index contributed by atoms with van der Waals surface area (Å²) in [6.45, 7) is 1.93. The van der Waals surface area contributed by atoms with E-state index < -0.39 is 0 Å². The number of imidazole rings is 1. The van der Waals surface area contributed by atoms with Crippen molar-refractivity contribution in [2.75, 3.05) is 12.3 Å². The van der Waals surface area contributed by atoms with Crippen LogP contribution < -0.4 is 5.73 Å². The Bertz CT molecular complexity index is 666. The second-order valence-corrected chi connectivity index (χ2v) is 4.11. The second-order valence-electron chi connectivity index (χ2n) is 4.11. The molecular formula is C14H17N5O. The maximum Gasteiger partial charge on any atom is 0.222 e. The van der Waals surface area contributed by atoms with Crippen molar-refractivity contribution in [3.8, 4) is 0 Å². The number of nitrogen functional groups attached to an aromatic ring is 1. The number of H-pyrrole nitrogens is 1. The van der Waals surface area contributed by atoms with Crippen LogP contribution in [0.25, 0.3) is 11.2 Å². The van der Waals surface area contributed by atoms with E-state index in [9.17, 15) is 0 Å². The van der Waals surface area contributed by atoms with Gasteiger partial charge in [-0.1, -0.05) is 30.3 Å². The quantitative estimate of drug-likeness (QED) is 0.656. The van der Waals surface area contributed by atoms with E-state index in [1.165, 1.54) is 5.56 Å². The lowest BCUT2D eigenvalue weighted by Gasteiger charge is -2.03. The molecule has 0 saturated heterocycles. The van der Waals surface area contributed by atoms with Crippen LogP contribution in [0.3, 0.4) is 0 Å². The maximum absolute atomic E-state index is 7.57. The number of nitrogens with one attached hydrogen (secondary N) is 1. The van der Waals surface area contributed by atoms with Gasteiger partial charge in [0.1, 0.15) is 5.52 Å². The van der Waals surface area contributed by atoms with Crippen LogP contribution in [0, 0.1) is 0 Å². The Balaban J connectivity index is 0.000000452. The van der Waals surface area contributed by atoms with E-state index in [0.717, 1.165) is 11.2 Å². The van der Waals surface area contributed by atoms with Crippen LogP contribution in [0.5, 0.6) is 0 Å². The number of fused-ring (bicyclic) bond motifs is 1. The van der Waals surface area contributed by atoms with Gasteiger partial charge in [0.15, 0.2) is 5.65 Å². The first-order valence-electron chi connectivity index (χ1n) is 6.34. The summed E-state index contributed by atoms with van der Waals surface area (Å²) in [6.07, 6.45) is 2.32. The minimum atomic E-state index is 0.250. The van der Waals surface area contributed by atoms with E-state index in [1.807, 2.05) is 18.2 Å². The van der Waals surface area contributed by atoms with Gasteiger partial charge in [0.05, 0.1) is 12.0 Å². The summed E-state index contributed by atoms with van der Waals surface area (Å²) < 4.78 is 0. The Morgan fingerprint density at radius 1 is 1.20 bits per heavy atom. The smallest absolute Gasteiger partial charge is 0.222 e. The van der Waals surface area contributed by atoms with E-state index in [-0.39, 0.29) is 12.6 Å². The van der Waals surface area contributed by atoms with Crippen LogP contribution >= 0.6 is 0 Å². The molecular weight excluding hydrogens is 254 g/mol. The van der Waals surface area contributed by atoms with Crippen molar-refractivity contribution >= 4 is 17.1 Å². The van der Waals surface area contributed by atoms with Gasteiger partial charge >= 0.3 is 0 Å². The number of aromatic amines is 1. The largest absolute Gasteiger partial charge is 0.397 e. The van der Waals surface area contributed by atoms with Gasteiger partial charge in [-0.15, -0.1) is 0 Å². The molecule has 104 valence electrons. The van der Waals surface area contributed by atoms with Gasteiger partial charge in [-0.25, -0.2) is 9.97 Å². The summed E-state index contributed by atoms with van der Waals surface area (Å²) in [5, 5.41) is 7.57. The van der Waals surface area contributed by atoms with Crippen LogP contribution in [0.15, 0.2) is 36.7 Å². The molecule has 0 aliphatic heterocycles. The zero-order chi connectivity index (χ0) is 14.4. The third-order valence-corrected chi connectivity index (χ3v) is 2.59. The van der Waals surface area contributed by atoms with Gasteiger partial charge < -0.3 is 15.8 Å². The molecule has 2 heterocycles. The molecule has 0 bridgehead atoms. The number of rotatable bonds is 2. The molecule has 3 rings (SSSR count). The number of hydrogen-bond acceptors (Lipinski definition) is 5. The Morgan fingerprint density at radius 3 is 2.60 bits per heavy atom. The SMILES string of the molecule is CCO.Nc1nc(Cc2ccccc2)c2[nH]cnc2n1. The predicted molar refractivity (Wildman–Crippen MR) is 78.1 cm³/mol. The van der Waals surface area contributed by atoms with E-state index >= 15 is 0 Å². The van der Waals surface area contributed by atoms with Gasteiger partial charge in [0.25, 0.3) is 0 Å². The van der Waals surface area contributed by atoms with Crippen molar-refractivity contribution in [2.24, 2.45) is 0 Å². The molecule has 20 heavy (non-hydrogen) atoms. The minimum Gasteiger partial charge on any atom is -0.397 e. The van der Waals surface area contributed by atoms with Crippen molar-refractivity contribution < 1.29 is 5.11 Å². The fraction of sp³-hybridized carbons (Fsp3) is 0.214. The number of aliphatic hydroxyl groups excluding tert-OH is 1. The molecule has 0 amide bonds. The minimum absolute atomic E-state index is 0.250. The Labute approximate surface area is 116 Å². The van der Waals surface area contributed by atoms with Crippen LogP contribution in [-0.4, -0.2) is 31.6 Å². The number of aromatic nitrogens is 4. The van der Waals surface area contributed by atoms with E-state index in [0.29, 0.717) is 12.1 Å². The molecule has 0 fully saturated rings. The molecule has 3 aromatic rings. The number of anilines is 1. The van der Waals surface area contributed by atoms with E-state index in [4.69, 9.17) is 10.8 Å². The van der Waals surface area contributed by atoms with Crippen LogP contribution in [0.2, 0.25) is 0 Å². The predicted octanol–water partition coefficient (Wildman–Crippen LogP) is 1.52. The molecule has 0 unspecified atom stereocenters. The number of nitrogens with zero attached hydrogens (tertiary/aromatic N) is 3. The number of nitrogens with two attached hydrogens (primary N) is 1. The van der Waals surface area contributed by atoms with Crippen LogP contribution in [0.4, 0.5) is 5.95 Å². The molecule has 0 aliphatic carbocycles. The average Bonchev–Trinajstić information content (AvgIpc) is 2.89. The highest BCUT2D eigenvalue weighted by atomic mass is 16.2. The van der Waals surface area contributed by atoms with Crippen molar-refractivity contribution in [2.45, 2.75) is 13.3 Å². The summed E-state index contributed by atoms with van der Waals surface area (Å²) in [6, 6.07) is 10.1. The lowest BCUT2D eigenvalue weighted by molar-refractivity contribution is 0.318. The summed E-state index contributed by atoms with van der Waals surface area (Å²) in [5.41, 5.74) is 9.18. The highest BCUT2D eigenvalue weighted by Crippen LogP contribution is 2.16. The summed E-state index contributed by atoms with van der Waals surface area (Å²) in [5.74, 6) is 0.260. The summed E-state index contributed by atoms with van der Waals surface area (Å²) in [4.78, 5) is 15.5. The van der Waals surface area contributed by atoms with Crippen molar-refractivity contribution in [1.29, 1.82) is 0 Å². The van der Waals surface area contributed by atoms with E-state index in [1.54, 1.807) is 13.3 Å². The molecule has 6 nitrogen and oxygen atoms in total. The second kappa shape index (κ2) is 6.63. The lowest BCUT2D eigenvalue weighted by atomic mass is 10.1. The molecule has 0 spiro atoms. The van der Waals surface area contributed by atoms with Crippen LogP contribution in [0.1, 0.15) is 18.2 Å². The first kappa shape index (κ1) is 14.0. The highest BCUT2D eigenvalue weighted by molar-refractivity contribution is 5.74. The van der Waals surface area contributed by atoms with Gasteiger partial charge in [-0.3, -0.25) is 0 Å². The Kier molecular flexibility index (Phi) is 4.62. The number of hydrogen-bond donors (Lipinski definition) is 3. The summed E-state index contributed by atoms with van der Waals surface area (Å²) in [7, 11) is 0. The number of benzene rings is 1. The van der Waals surface area contributed by atoms with Crippen LogP contribution in [-0.2, 0) is 6.42 Å². The topological polar surface area (TPSA) is 101 Å². The maximum atomic E-state index is 7.57. The molecule has 2 aromatic heterocycles.